The monoisotopic (exact) mass is 385 g/mol. The number of aromatic nitrogens is 2. The fourth-order valence-corrected chi connectivity index (χ4v) is 2.98. The van der Waals surface area contributed by atoms with Gasteiger partial charge in [0.05, 0.1) is 5.69 Å². The molecular formula is C18H16BrN3O2. The molecule has 3 rings (SSSR count). The average Bonchev–Trinajstić information content (AvgIpc) is 2.89. The normalized spacial score (nSPS) is 10.6. The van der Waals surface area contributed by atoms with Gasteiger partial charge in [-0.3, -0.25) is 9.36 Å². The molecule has 0 radical (unpaired) electrons. The molecule has 2 aromatic carbocycles. The number of aromatic amines is 1. The molecule has 2 N–H and O–H groups in total. The molecule has 0 fully saturated rings. The van der Waals surface area contributed by atoms with Crippen LogP contribution in [0.25, 0.3) is 5.69 Å². The molecule has 122 valence electrons. The molecular weight excluding hydrogens is 370 g/mol. The maximum Gasteiger partial charge on any atom is 0.330 e. The number of carbonyl (C=O) groups is 1. The molecule has 0 atom stereocenters. The van der Waals surface area contributed by atoms with E-state index in [1.54, 1.807) is 35.0 Å². The molecule has 0 saturated carbocycles. The van der Waals surface area contributed by atoms with Crippen molar-refractivity contribution in [2.75, 3.05) is 5.32 Å². The Morgan fingerprint density at radius 1 is 1.12 bits per heavy atom. The van der Waals surface area contributed by atoms with E-state index in [2.05, 4.69) is 26.2 Å². The minimum atomic E-state index is -0.199. The average molecular weight is 386 g/mol. The molecule has 24 heavy (non-hydrogen) atoms. The number of imidazole rings is 1. The van der Waals surface area contributed by atoms with Crippen molar-refractivity contribution in [3.63, 3.8) is 0 Å². The maximum atomic E-state index is 12.4. The molecule has 6 heteroatoms. The van der Waals surface area contributed by atoms with E-state index in [4.69, 9.17) is 0 Å². The van der Waals surface area contributed by atoms with Crippen LogP contribution in [0, 0.1) is 13.8 Å². The second-order valence-electron chi connectivity index (χ2n) is 5.53. The largest absolute Gasteiger partial charge is 0.330 e. The standard InChI is InChI=1S/C18H16BrN3O2/c1-11-9-14(19)5-8-16(11)21-17(23)13-3-6-15(7-4-13)22-12(2)10-20-18(22)24/h3-10H,1-2H3,(H,20,24)(H,21,23). The van der Waals surface area contributed by atoms with Gasteiger partial charge in [0, 0.05) is 27.6 Å². The van der Waals surface area contributed by atoms with Gasteiger partial charge in [-0.2, -0.15) is 0 Å². The molecule has 1 heterocycles. The van der Waals surface area contributed by atoms with E-state index in [0.29, 0.717) is 5.56 Å². The summed E-state index contributed by atoms with van der Waals surface area (Å²) in [6, 6.07) is 12.6. The Bertz CT molecular complexity index is 955. The van der Waals surface area contributed by atoms with Crippen molar-refractivity contribution in [1.29, 1.82) is 0 Å². The van der Waals surface area contributed by atoms with Crippen molar-refractivity contribution < 1.29 is 4.79 Å². The van der Waals surface area contributed by atoms with Gasteiger partial charge in [-0.15, -0.1) is 0 Å². The van der Waals surface area contributed by atoms with Crippen LogP contribution in [0.1, 0.15) is 21.6 Å². The van der Waals surface area contributed by atoms with Crippen molar-refractivity contribution in [2.45, 2.75) is 13.8 Å². The first-order chi connectivity index (χ1) is 11.5. The van der Waals surface area contributed by atoms with Crippen molar-refractivity contribution in [3.05, 3.63) is 80.4 Å². The van der Waals surface area contributed by atoms with Crippen LogP contribution in [0.15, 0.2) is 57.9 Å². The van der Waals surface area contributed by atoms with Gasteiger partial charge in [0.2, 0.25) is 0 Å². The maximum absolute atomic E-state index is 12.4. The molecule has 0 aliphatic rings. The molecule has 1 aromatic heterocycles. The van der Waals surface area contributed by atoms with Crippen molar-refractivity contribution in [1.82, 2.24) is 9.55 Å². The Labute approximate surface area is 147 Å². The molecule has 5 nitrogen and oxygen atoms in total. The van der Waals surface area contributed by atoms with Crippen LogP contribution < -0.4 is 11.0 Å². The summed E-state index contributed by atoms with van der Waals surface area (Å²) in [5.41, 5.74) is 3.60. The van der Waals surface area contributed by atoms with Gasteiger partial charge in [-0.25, -0.2) is 4.79 Å². The molecule has 0 spiro atoms. The van der Waals surface area contributed by atoms with Crippen LogP contribution >= 0.6 is 15.9 Å². The van der Waals surface area contributed by atoms with Crippen LogP contribution in [0.5, 0.6) is 0 Å². The summed E-state index contributed by atoms with van der Waals surface area (Å²) in [4.78, 5) is 26.8. The summed E-state index contributed by atoms with van der Waals surface area (Å²) in [6.45, 7) is 3.78. The van der Waals surface area contributed by atoms with Gasteiger partial charge >= 0.3 is 5.69 Å². The Kier molecular flexibility index (Phi) is 4.40. The molecule has 0 bridgehead atoms. The topological polar surface area (TPSA) is 66.9 Å². The highest BCUT2D eigenvalue weighted by Gasteiger charge is 2.10. The van der Waals surface area contributed by atoms with E-state index in [0.717, 1.165) is 27.1 Å². The summed E-state index contributed by atoms with van der Waals surface area (Å²) in [5, 5.41) is 2.90. The molecule has 0 saturated heterocycles. The van der Waals surface area contributed by atoms with Gasteiger partial charge in [-0.1, -0.05) is 15.9 Å². The lowest BCUT2D eigenvalue weighted by Gasteiger charge is -2.10. The summed E-state index contributed by atoms with van der Waals surface area (Å²) >= 11 is 3.40. The fourth-order valence-electron chi connectivity index (χ4n) is 2.50. The summed E-state index contributed by atoms with van der Waals surface area (Å²) < 4.78 is 2.52. The van der Waals surface area contributed by atoms with E-state index >= 15 is 0 Å². The minimum absolute atomic E-state index is 0.190. The zero-order valence-corrected chi connectivity index (χ0v) is 14.8. The lowest BCUT2D eigenvalue weighted by Crippen LogP contribution is -2.16. The van der Waals surface area contributed by atoms with Gasteiger partial charge in [0.15, 0.2) is 0 Å². The summed E-state index contributed by atoms with van der Waals surface area (Å²) in [7, 11) is 0. The fraction of sp³-hybridized carbons (Fsp3) is 0.111. The summed E-state index contributed by atoms with van der Waals surface area (Å²) in [5.74, 6) is -0.190. The third-order valence-electron chi connectivity index (χ3n) is 3.78. The molecule has 0 unspecified atom stereocenters. The van der Waals surface area contributed by atoms with Crippen molar-refractivity contribution in [2.24, 2.45) is 0 Å². The van der Waals surface area contributed by atoms with E-state index in [1.165, 1.54) is 0 Å². The van der Waals surface area contributed by atoms with Gasteiger partial charge < -0.3 is 10.3 Å². The number of hydrogen-bond donors (Lipinski definition) is 2. The number of nitrogens with one attached hydrogen (secondary N) is 2. The number of benzene rings is 2. The Balaban J connectivity index is 1.83. The van der Waals surface area contributed by atoms with Crippen LogP contribution in [0.2, 0.25) is 0 Å². The van der Waals surface area contributed by atoms with E-state index in [9.17, 15) is 9.59 Å². The number of carbonyl (C=O) groups excluding carboxylic acids is 1. The lowest BCUT2D eigenvalue weighted by molar-refractivity contribution is 0.102. The molecule has 0 aliphatic carbocycles. The van der Waals surface area contributed by atoms with Crippen molar-refractivity contribution in [3.8, 4) is 5.69 Å². The Morgan fingerprint density at radius 3 is 2.42 bits per heavy atom. The van der Waals surface area contributed by atoms with Crippen LogP contribution in [-0.4, -0.2) is 15.5 Å². The van der Waals surface area contributed by atoms with Crippen LogP contribution in [0.3, 0.4) is 0 Å². The van der Waals surface area contributed by atoms with E-state index in [-0.39, 0.29) is 11.6 Å². The van der Waals surface area contributed by atoms with Crippen LogP contribution in [-0.2, 0) is 0 Å². The first kappa shape index (κ1) is 16.3. The highest BCUT2D eigenvalue weighted by atomic mass is 79.9. The Hall–Kier alpha value is -2.60. The highest BCUT2D eigenvalue weighted by Crippen LogP contribution is 2.21. The number of hydrogen-bond acceptors (Lipinski definition) is 2. The third-order valence-corrected chi connectivity index (χ3v) is 4.28. The lowest BCUT2D eigenvalue weighted by atomic mass is 10.1. The van der Waals surface area contributed by atoms with Gasteiger partial charge in [-0.05, 0) is 61.9 Å². The molecule has 0 aliphatic heterocycles. The molecule has 3 aromatic rings. The number of anilines is 1. The number of nitrogens with zero attached hydrogens (tertiary/aromatic N) is 1. The second-order valence-corrected chi connectivity index (χ2v) is 6.45. The highest BCUT2D eigenvalue weighted by molar-refractivity contribution is 9.10. The van der Waals surface area contributed by atoms with Gasteiger partial charge in [0.1, 0.15) is 0 Å². The smallest absolute Gasteiger partial charge is 0.322 e. The number of halogens is 1. The van der Waals surface area contributed by atoms with E-state index in [1.807, 2.05) is 32.0 Å². The first-order valence-electron chi connectivity index (χ1n) is 7.40. The number of rotatable bonds is 3. The zero-order chi connectivity index (χ0) is 17.3. The van der Waals surface area contributed by atoms with E-state index < -0.39 is 0 Å². The minimum Gasteiger partial charge on any atom is -0.322 e. The first-order valence-corrected chi connectivity index (χ1v) is 8.20. The quantitative estimate of drug-likeness (QED) is 0.719. The zero-order valence-electron chi connectivity index (χ0n) is 13.3. The predicted octanol–water partition coefficient (Wildman–Crippen LogP) is 3.80. The van der Waals surface area contributed by atoms with Gasteiger partial charge in [0.25, 0.3) is 5.91 Å². The Morgan fingerprint density at radius 2 is 1.83 bits per heavy atom. The number of H-pyrrole nitrogens is 1. The second kappa shape index (κ2) is 6.49. The predicted molar refractivity (Wildman–Crippen MR) is 98.0 cm³/mol. The number of aryl methyl sites for hydroxylation is 2. The number of amides is 1. The molecule has 1 amide bonds. The third kappa shape index (κ3) is 3.19. The van der Waals surface area contributed by atoms with Crippen LogP contribution in [0.4, 0.5) is 5.69 Å². The summed E-state index contributed by atoms with van der Waals surface area (Å²) in [6.07, 6.45) is 1.65. The SMILES string of the molecule is Cc1cc(Br)ccc1NC(=O)c1ccc(-n2c(C)c[nH]c2=O)cc1. The van der Waals surface area contributed by atoms with Crippen molar-refractivity contribution >= 4 is 27.5 Å².